The molecule has 3 N–H and O–H groups in total. The maximum Gasteiger partial charge on any atom is 0.405 e. The highest BCUT2D eigenvalue weighted by molar-refractivity contribution is 5.75. The Morgan fingerprint density at radius 2 is 1.96 bits per heavy atom. The molecule has 24 heavy (non-hydrogen) atoms. The molecule has 0 radical (unpaired) electrons. The monoisotopic (exact) mass is 325 g/mol. The van der Waals surface area contributed by atoms with Gasteiger partial charge in [0.05, 0.1) is 18.1 Å². The van der Waals surface area contributed by atoms with Gasteiger partial charge in [-0.05, 0) is 36.8 Å². The predicted molar refractivity (Wildman–Crippen MR) is 91.3 cm³/mol. The number of imidazole rings is 1. The number of aromatic nitrogens is 2. The third kappa shape index (κ3) is 3.17. The molecule has 0 bridgehead atoms. The Hall–Kier alpha value is -3.02. The Kier molecular flexibility index (Phi) is 4.12. The maximum atomic E-state index is 11.3. The summed E-state index contributed by atoms with van der Waals surface area (Å²) in [7, 11) is 1.61. The van der Waals surface area contributed by atoms with Crippen LogP contribution in [0.1, 0.15) is 18.3 Å². The molecule has 1 amide bonds. The average Bonchev–Trinajstić information content (AvgIpc) is 3.00. The average molecular weight is 325 g/mol. The molecule has 3 rings (SSSR count). The Morgan fingerprint density at radius 1 is 1.25 bits per heavy atom. The third-order valence-corrected chi connectivity index (χ3v) is 4.01. The van der Waals surface area contributed by atoms with Crippen LogP contribution in [0.5, 0.6) is 5.75 Å². The first-order valence-corrected chi connectivity index (χ1v) is 7.59. The highest BCUT2D eigenvalue weighted by atomic mass is 16.5. The molecule has 0 fully saturated rings. The van der Waals surface area contributed by atoms with Gasteiger partial charge < -0.3 is 20.1 Å². The van der Waals surface area contributed by atoms with Crippen LogP contribution in [0.25, 0.3) is 11.0 Å². The molecule has 124 valence electrons. The number of fused-ring (bicyclic) bond motifs is 1. The zero-order valence-electron chi connectivity index (χ0n) is 13.5. The van der Waals surface area contributed by atoms with Crippen LogP contribution in [0.4, 0.5) is 4.79 Å². The summed E-state index contributed by atoms with van der Waals surface area (Å²) in [5, 5.41) is 11.9. The van der Waals surface area contributed by atoms with Crippen LogP contribution in [-0.2, 0) is 12.0 Å². The number of rotatable bonds is 5. The van der Waals surface area contributed by atoms with Crippen molar-refractivity contribution < 1.29 is 14.6 Å². The van der Waals surface area contributed by atoms with Gasteiger partial charge in [0.15, 0.2) is 0 Å². The molecule has 6 heteroatoms. The summed E-state index contributed by atoms with van der Waals surface area (Å²) in [4.78, 5) is 19.1. The molecule has 0 aliphatic carbocycles. The highest BCUT2D eigenvalue weighted by Gasteiger charge is 2.32. The van der Waals surface area contributed by atoms with Gasteiger partial charge in [0, 0.05) is 6.42 Å². The predicted octanol–water partition coefficient (Wildman–Crippen LogP) is 3.30. The fourth-order valence-corrected chi connectivity index (χ4v) is 2.79. The number of nitrogens with zero attached hydrogens (tertiary/aromatic N) is 1. The van der Waals surface area contributed by atoms with Crippen molar-refractivity contribution in [1.29, 1.82) is 0 Å². The van der Waals surface area contributed by atoms with E-state index in [2.05, 4.69) is 15.3 Å². The smallest absolute Gasteiger partial charge is 0.405 e. The van der Waals surface area contributed by atoms with Crippen LogP contribution < -0.4 is 10.1 Å². The highest BCUT2D eigenvalue weighted by Crippen LogP contribution is 2.26. The summed E-state index contributed by atoms with van der Waals surface area (Å²) in [5.74, 6) is 1.34. The second-order valence-corrected chi connectivity index (χ2v) is 5.89. The number of nitrogens with one attached hydrogen (secondary N) is 2. The standard InChI is InChI=1S/C18H19N3O3/c1-18(21-17(22)23,11-12-7-9-13(24-2)10-8-12)16-19-14-5-3-4-6-15(14)20-16/h3-10,21H,11H2,1-2H3,(H,19,20)(H,22,23). The lowest BCUT2D eigenvalue weighted by atomic mass is 9.92. The fourth-order valence-electron chi connectivity index (χ4n) is 2.79. The number of amides is 1. The fraction of sp³-hybridized carbons (Fsp3) is 0.222. The molecule has 6 nitrogen and oxygen atoms in total. The van der Waals surface area contributed by atoms with E-state index in [1.165, 1.54) is 0 Å². The van der Waals surface area contributed by atoms with E-state index < -0.39 is 11.6 Å². The molecule has 2 aromatic carbocycles. The van der Waals surface area contributed by atoms with Crippen LogP contribution in [0.2, 0.25) is 0 Å². The Bertz CT molecular complexity index is 824. The number of para-hydroxylation sites is 2. The van der Waals surface area contributed by atoms with Crippen LogP contribution in [0.3, 0.4) is 0 Å². The van der Waals surface area contributed by atoms with Gasteiger partial charge in [-0.15, -0.1) is 0 Å². The number of ether oxygens (including phenoxy) is 1. The minimum atomic E-state index is -1.09. The van der Waals surface area contributed by atoms with Crippen LogP contribution >= 0.6 is 0 Å². The molecule has 0 saturated heterocycles. The number of carbonyl (C=O) groups is 1. The Morgan fingerprint density at radius 3 is 2.58 bits per heavy atom. The molecular weight excluding hydrogens is 306 g/mol. The SMILES string of the molecule is COc1ccc(CC(C)(NC(=O)O)c2nc3ccccc3[nH]2)cc1. The second-order valence-electron chi connectivity index (χ2n) is 5.89. The number of hydrogen-bond donors (Lipinski definition) is 3. The number of carboxylic acid groups (broad SMARTS) is 1. The van der Waals surface area contributed by atoms with Crippen molar-refractivity contribution >= 4 is 17.1 Å². The Labute approximate surface area is 139 Å². The summed E-state index contributed by atoms with van der Waals surface area (Å²) in [6.45, 7) is 1.82. The largest absolute Gasteiger partial charge is 0.497 e. The lowest BCUT2D eigenvalue weighted by Gasteiger charge is -2.27. The zero-order chi connectivity index (χ0) is 17.2. The first kappa shape index (κ1) is 15.9. The van der Waals surface area contributed by atoms with Crippen molar-refractivity contribution in [2.75, 3.05) is 7.11 Å². The van der Waals surface area contributed by atoms with Crippen molar-refractivity contribution in [2.45, 2.75) is 18.9 Å². The van der Waals surface area contributed by atoms with Gasteiger partial charge in [-0.3, -0.25) is 0 Å². The molecule has 1 aromatic heterocycles. The quantitative estimate of drug-likeness (QED) is 0.672. The van der Waals surface area contributed by atoms with Gasteiger partial charge in [0.1, 0.15) is 17.1 Å². The lowest BCUT2D eigenvalue weighted by molar-refractivity contribution is 0.178. The summed E-state index contributed by atoms with van der Waals surface area (Å²) in [5.41, 5.74) is 1.79. The number of methoxy groups -OCH3 is 1. The van der Waals surface area contributed by atoms with Gasteiger partial charge >= 0.3 is 6.09 Å². The van der Waals surface area contributed by atoms with Crippen molar-refractivity contribution in [3.05, 3.63) is 59.9 Å². The van der Waals surface area contributed by atoms with E-state index in [0.29, 0.717) is 12.2 Å². The van der Waals surface area contributed by atoms with E-state index in [1.54, 1.807) is 7.11 Å². The minimum Gasteiger partial charge on any atom is -0.497 e. The number of benzene rings is 2. The zero-order valence-corrected chi connectivity index (χ0v) is 13.5. The van der Waals surface area contributed by atoms with Crippen molar-refractivity contribution in [1.82, 2.24) is 15.3 Å². The van der Waals surface area contributed by atoms with Crippen LogP contribution in [0, 0.1) is 0 Å². The molecule has 0 aliphatic heterocycles. The molecule has 1 unspecified atom stereocenters. The molecule has 0 aliphatic rings. The van der Waals surface area contributed by atoms with Crippen LogP contribution in [-0.4, -0.2) is 28.3 Å². The summed E-state index contributed by atoms with van der Waals surface area (Å²) in [6, 6.07) is 15.2. The van der Waals surface area contributed by atoms with Gasteiger partial charge in [0.25, 0.3) is 0 Å². The van der Waals surface area contributed by atoms with E-state index in [4.69, 9.17) is 4.74 Å². The van der Waals surface area contributed by atoms with Gasteiger partial charge in [-0.2, -0.15) is 0 Å². The maximum absolute atomic E-state index is 11.3. The first-order valence-electron chi connectivity index (χ1n) is 7.59. The first-order chi connectivity index (χ1) is 11.5. The molecule has 0 spiro atoms. The third-order valence-electron chi connectivity index (χ3n) is 4.01. The molecule has 3 aromatic rings. The van der Waals surface area contributed by atoms with E-state index in [0.717, 1.165) is 22.3 Å². The Balaban J connectivity index is 1.97. The van der Waals surface area contributed by atoms with E-state index in [9.17, 15) is 9.90 Å². The van der Waals surface area contributed by atoms with Crippen LogP contribution in [0.15, 0.2) is 48.5 Å². The molecule has 1 atom stereocenters. The summed E-state index contributed by atoms with van der Waals surface area (Å²) >= 11 is 0. The van der Waals surface area contributed by atoms with Gasteiger partial charge in [0.2, 0.25) is 0 Å². The van der Waals surface area contributed by atoms with Crippen molar-refractivity contribution in [3.8, 4) is 5.75 Å². The minimum absolute atomic E-state index is 0.461. The van der Waals surface area contributed by atoms with E-state index in [1.807, 2.05) is 55.5 Å². The van der Waals surface area contributed by atoms with Crippen molar-refractivity contribution in [3.63, 3.8) is 0 Å². The number of aromatic amines is 1. The second kappa shape index (κ2) is 6.23. The number of hydrogen-bond acceptors (Lipinski definition) is 3. The topological polar surface area (TPSA) is 87.2 Å². The van der Waals surface area contributed by atoms with E-state index >= 15 is 0 Å². The summed E-state index contributed by atoms with van der Waals surface area (Å²) < 4.78 is 5.16. The number of H-pyrrole nitrogens is 1. The van der Waals surface area contributed by atoms with Crippen molar-refractivity contribution in [2.24, 2.45) is 0 Å². The molecular formula is C18H19N3O3. The van der Waals surface area contributed by atoms with Gasteiger partial charge in [-0.1, -0.05) is 24.3 Å². The molecule has 1 heterocycles. The van der Waals surface area contributed by atoms with E-state index in [-0.39, 0.29) is 0 Å². The normalized spacial score (nSPS) is 13.4. The lowest BCUT2D eigenvalue weighted by Crippen LogP contribution is -2.45. The van der Waals surface area contributed by atoms with Gasteiger partial charge in [-0.25, -0.2) is 9.78 Å². The molecule has 0 saturated carbocycles. The summed E-state index contributed by atoms with van der Waals surface area (Å²) in [6.07, 6.45) is -0.630.